The number of hydrogen-bond acceptors (Lipinski definition) is 3. The van der Waals surface area contributed by atoms with Crippen molar-refractivity contribution >= 4 is 6.03 Å². The molecule has 0 radical (unpaired) electrons. The Balaban J connectivity index is 1.65. The van der Waals surface area contributed by atoms with Crippen molar-refractivity contribution in [3.05, 3.63) is 48.5 Å². The summed E-state index contributed by atoms with van der Waals surface area (Å²) in [7, 11) is 0. The third-order valence-corrected chi connectivity index (χ3v) is 2.82. The second-order valence-electron chi connectivity index (χ2n) is 4.64. The summed E-state index contributed by atoms with van der Waals surface area (Å²) in [6.45, 7) is 3.19. The van der Waals surface area contributed by atoms with E-state index < -0.39 is 0 Å². The van der Waals surface area contributed by atoms with Crippen LogP contribution in [0.4, 0.5) is 4.79 Å². The molecule has 0 fully saturated rings. The zero-order chi connectivity index (χ0) is 14.2. The van der Waals surface area contributed by atoms with Crippen LogP contribution in [0.3, 0.4) is 0 Å². The van der Waals surface area contributed by atoms with Gasteiger partial charge in [-0.05, 0) is 31.0 Å². The molecule has 0 aromatic carbocycles. The minimum atomic E-state index is -0.159. The summed E-state index contributed by atoms with van der Waals surface area (Å²) >= 11 is 0. The van der Waals surface area contributed by atoms with E-state index in [1.165, 1.54) is 0 Å². The van der Waals surface area contributed by atoms with Gasteiger partial charge in [0.15, 0.2) is 0 Å². The molecule has 1 atom stereocenters. The second kappa shape index (κ2) is 7.28. The minimum Gasteiger partial charge on any atom is -0.338 e. The van der Waals surface area contributed by atoms with Crippen LogP contribution in [-0.4, -0.2) is 33.4 Å². The maximum absolute atomic E-state index is 11.7. The normalized spacial score (nSPS) is 11.8. The van der Waals surface area contributed by atoms with E-state index in [4.69, 9.17) is 0 Å². The summed E-state index contributed by atoms with van der Waals surface area (Å²) in [4.78, 5) is 15.7. The van der Waals surface area contributed by atoms with E-state index >= 15 is 0 Å². The highest BCUT2D eigenvalue weighted by molar-refractivity contribution is 5.74. The van der Waals surface area contributed by atoms with Gasteiger partial charge in [0.1, 0.15) is 0 Å². The lowest BCUT2D eigenvalue weighted by atomic mass is 10.2. The third kappa shape index (κ3) is 4.72. The van der Waals surface area contributed by atoms with Gasteiger partial charge in [0.25, 0.3) is 0 Å². The molecule has 2 aromatic heterocycles. The number of carbonyl (C=O) groups excluding carboxylic acids is 1. The number of nitrogens with zero attached hydrogens (tertiary/aromatic N) is 3. The number of aromatic nitrogens is 3. The smallest absolute Gasteiger partial charge is 0.315 e. The standard InChI is InChI=1S/C14H19N5O/c1-12(11-19-9-3-7-17-19)18-14(20)16-8-5-13-4-2-6-15-10-13/h2-4,6-7,9-10,12H,5,8,11H2,1H3,(H2,16,18,20). The van der Waals surface area contributed by atoms with E-state index in [1.54, 1.807) is 23.3 Å². The highest BCUT2D eigenvalue weighted by atomic mass is 16.2. The van der Waals surface area contributed by atoms with Crippen molar-refractivity contribution in [1.29, 1.82) is 0 Å². The number of rotatable bonds is 6. The molecular weight excluding hydrogens is 254 g/mol. The van der Waals surface area contributed by atoms with Crippen LogP contribution in [0.1, 0.15) is 12.5 Å². The number of urea groups is 1. The number of carbonyl (C=O) groups is 1. The van der Waals surface area contributed by atoms with Gasteiger partial charge in [0.2, 0.25) is 0 Å². The van der Waals surface area contributed by atoms with E-state index in [0.29, 0.717) is 13.1 Å². The van der Waals surface area contributed by atoms with E-state index in [1.807, 2.05) is 31.3 Å². The van der Waals surface area contributed by atoms with Crippen LogP contribution in [0, 0.1) is 0 Å². The van der Waals surface area contributed by atoms with Crippen molar-refractivity contribution in [3.63, 3.8) is 0 Å². The Bertz CT molecular complexity index is 512. The molecule has 106 valence electrons. The summed E-state index contributed by atoms with van der Waals surface area (Å²) in [6, 6.07) is 5.61. The maximum Gasteiger partial charge on any atom is 0.315 e. The molecule has 0 aliphatic rings. The molecule has 0 saturated carbocycles. The first-order valence-corrected chi connectivity index (χ1v) is 6.65. The first-order chi connectivity index (χ1) is 9.74. The number of pyridine rings is 1. The number of nitrogens with one attached hydrogen (secondary N) is 2. The minimum absolute atomic E-state index is 0.0216. The Hall–Kier alpha value is -2.37. The van der Waals surface area contributed by atoms with Gasteiger partial charge in [-0.15, -0.1) is 0 Å². The van der Waals surface area contributed by atoms with Crippen LogP contribution in [-0.2, 0) is 13.0 Å². The molecule has 0 saturated heterocycles. The van der Waals surface area contributed by atoms with Gasteiger partial charge >= 0.3 is 6.03 Å². The molecule has 0 spiro atoms. The van der Waals surface area contributed by atoms with Gasteiger partial charge in [0.05, 0.1) is 6.54 Å². The lowest BCUT2D eigenvalue weighted by Crippen LogP contribution is -2.43. The fraction of sp³-hybridized carbons (Fsp3) is 0.357. The molecule has 2 heterocycles. The van der Waals surface area contributed by atoms with Crippen LogP contribution in [0.5, 0.6) is 0 Å². The highest BCUT2D eigenvalue weighted by Gasteiger charge is 2.07. The second-order valence-corrected chi connectivity index (χ2v) is 4.64. The predicted octanol–water partition coefficient (Wildman–Crippen LogP) is 1.21. The summed E-state index contributed by atoms with van der Waals surface area (Å²) in [5.41, 5.74) is 1.11. The van der Waals surface area contributed by atoms with Crippen LogP contribution in [0.25, 0.3) is 0 Å². The summed E-state index contributed by atoms with van der Waals surface area (Å²) in [5, 5.41) is 9.82. The Morgan fingerprint density at radius 3 is 3.00 bits per heavy atom. The van der Waals surface area contributed by atoms with Crippen molar-refractivity contribution in [2.24, 2.45) is 0 Å². The van der Waals surface area contributed by atoms with Crippen molar-refractivity contribution in [3.8, 4) is 0 Å². The summed E-state index contributed by atoms with van der Waals surface area (Å²) in [6.07, 6.45) is 7.91. The van der Waals surface area contributed by atoms with Crippen LogP contribution >= 0.6 is 0 Å². The van der Waals surface area contributed by atoms with E-state index in [0.717, 1.165) is 12.0 Å². The van der Waals surface area contributed by atoms with Crippen molar-refractivity contribution in [2.45, 2.75) is 25.9 Å². The van der Waals surface area contributed by atoms with Crippen LogP contribution < -0.4 is 10.6 Å². The molecule has 2 amide bonds. The van der Waals surface area contributed by atoms with Crippen molar-refractivity contribution in [2.75, 3.05) is 6.54 Å². The molecule has 0 aliphatic heterocycles. The van der Waals surface area contributed by atoms with Crippen molar-refractivity contribution in [1.82, 2.24) is 25.4 Å². The topological polar surface area (TPSA) is 71.8 Å². The Morgan fingerprint density at radius 1 is 1.40 bits per heavy atom. The quantitative estimate of drug-likeness (QED) is 0.831. The molecule has 20 heavy (non-hydrogen) atoms. The van der Waals surface area contributed by atoms with Gasteiger partial charge in [0, 0.05) is 37.4 Å². The van der Waals surface area contributed by atoms with Gasteiger partial charge < -0.3 is 10.6 Å². The molecule has 0 aliphatic carbocycles. The molecular formula is C14H19N5O. The largest absolute Gasteiger partial charge is 0.338 e. The van der Waals surface area contributed by atoms with E-state index in [-0.39, 0.29) is 12.1 Å². The summed E-state index contributed by atoms with van der Waals surface area (Å²) < 4.78 is 1.79. The molecule has 1 unspecified atom stereocenters. The molecule has 2 N–H and O–H groups in total. The van der Waals surface area contributed by atoms with Crippen molar-refractivity contribution < 1.29 is 4.79 Å². The van der Waals surface area contributed by atoms with Gasteiger partial charge in [-0.1, -0.05) is 6.07 Å². The number of amides is 2. The fourth-order valence-electron chi connectivity index (χ4n) is 1.88. The van der Waals surface area contributed by atoms with Gasteiger partial charge in [-0.3, -0.25) is 9.67 Å². The average molecular weight is 273 g/mol. The third-order valence-electron chi connectivity index (χ3n) is 2.82. The average Bonchev–Trinajstić information content (AvgIpc) is 2.92. The summed E-state index contributed by atoms with van der Waals surface area (Å²) in [5.74, 6) is 0. The van der Waals surface area contributed by atoms with Crippen LogP contribution in [0.15, 0.2) is 43.0 Å². The lowest BCUT2D eigenvalue weighted by Gasteiger charge is -2.14. The molecule has 0 bridgehead atoms. The molecule has 2 aromatic rings. The highest BCUT2D eigenvalue weighted by Crippen LogP contribution is 1.95. The zero-order valence-corrected chi connectivity index (χ0v) is 11.5. The monoisotopic (exact) mass is 273 g/mol. The molecule has 6 nitrogen and oxygen atoms in total. The Kier molecular flexibility index (Phi) is 5.11. The number of hydrogen-bond donors (Lipinski definition) is 2. The lowest BCUT2D eigenvalue weighted by molar-refractivity contribution is 0.236. The van der Waals surface area contributed by atoms with E-state index in [2.05, 4.69) is 20.7 Å². The Morgan fingerprint density at radius 2 is 2.30 bits per heavy atom. The first-order valence-electron chi connectivity index (χ1n) is 6.65. The SMILES string of the molecule is CC(Cn1cccn1)NC(=O)NCCc1cccnc1. The molecule has 6 heteroatoms. The first kappa shape index (κ1) is 14.0. The van der Waals surface area contributed by atoms with Crippen LogP contribution in [0.2, 0.25) is 0 Å². The zero-order valence-electron chi connectivity index (χ0n) is 11.5. The van der Waals surface area contributed by atoms with Gasteiger partial charge in [-0.2, -0.15) is 5.10 Å². The van der Waals surface area contributed by atoms with E-state index in [9.17, 15) is 4.79 Å². The fourth-order valence-corrected chi connectivity index (χ4v) is 1.88. The molecule has 2 rings (SSSR count). The maximum atomic E-state index is 11.7. The predicted molar refractivity (Wildman–Crippen MR) is 76.2 cm³/mol. The van der Waals surface area contributed by atoms with Gasteiger partial charge in [-0.25, -0.2) is 4.79 Å². The Labute approximate surface area is 118 Å².